The molecule has 0 amide bonds. The standard InChI is InChI=1S/C37H44N2O13.C34H39NO12/c1-16(2)21(41)14-38-24(15-40)37(46)12-19-27(33(45)29-28(31(19)43)30(42)18-7-6-8-22(47-4)26(18)32(29)44)23(13-37)51-25-11-20-34(17(3)50-25)52-35-36(48-5)49-10-9-39(20)35;1-14(2)31(40)34(41)12-17-23(29(39)25-24(27(17)37)26(36)16-7-6-8-19(42-4)22(16)28(25)38)20(13-34)46-21-11-18-30(15(3)45-21)47-32-33(43-5)44-10-9-35(18)32/h6-8,16-17,20,23,25,34-36,40,43,45-46H,9-15H2,1-5H3;6-8,14-15,18,20-21,30,32-33,37,39,41H,9-13H2,1-5H3/t17-,20-,23-,25-,34+,35+,36-,37-;15-,18-,20-,21-,30+,32+,33-,34-/m00/s1. The van der Waals surface area contributed by atoms with Crippen LogP contribution in [0.4, 0.5) is 0 Å². The number of aliphatic imine (C=N–C) groups is 1. The van der Waals surface area contributed by atoms with Crippen molar-refractivity contribution in [2.75, 3.05) is 67.9 Å². The number of morpholine rings is 2. The Balaban J connectivity index is 0.000000179. The number of aliphatic hydroxyl groups is 3. The van der Waals surface area contributed by atoms with Gasteiger partial charge in [-0.1, -0.05) is 52.0 Å². The number of benzene rings is 4. The van der Waals surface area contributed by atoms with E-state index in [-0.39, 0.29) is 123 Å². The van der Waals surface area contributed by atoms with Gasteiger partial charge in [-0.2, -0.15) is 0 Å². The Hall–Kier alpha value is -7.23. The number of carbonyl (C=O) groups excluding carboxylic acids is 6. The fourth-order valence-corrected chi connectivity index (χ4v) is 16.3. The van der Waals surface area contributed by atoms with Crippen LogP contribution >= 0.6 is 0 Å². The van der Waals surface area contributed by atoms with Crippen molar-refractivity contribution >= 4 is 40.4 Å². The molecular formula is C71H83N3O25. The van der Waals surface area contributed by atoms with E-state index in [0.717, 1.165) is 0 Å². The molecule has 99 heavy (non-hydrogen) atoms. The van der Waals surface area contributed by atoms with Crippen LogP contribution < -0.4 is 9.47 Å². The van der Waals surface area contributed by atoms with Gasteiger partial charge in [0, 0.05) is 123 Å². The zero-order chi connectivity index (χ0) is 70.7. The molecule has 28 nitrogen and oxygen atoms in total. The first-order chi connectivity index (χ1) is 47.2. The van der Waals surface area contributed by atoms with Crippen LogP contribution in [0.15, 0.2) is 41.4 Å². The molecule has 0 saturated carbocycles. The molecule has 0 aromatic heterocycles. The molecule has 0 bridgehead atoms. The quantitative estimate of drug-likeness (QED) is 0.0560. The molecule has 4 aromatic carbocycles. The van der Waals surface area contributed by atoms with E-state index in [9.17, 15) is 64.5 Å². The molecule has 0 unspecified atom stereocenters. The van der Waals surface area contributed by atoms with Crippen LogP contribution in [0.3, 0.4) is 0 Å². The number of phenolic OH excluding ortho intramolecular Hbond substituents is 4. The smallest absolute Gasteiger partial charge is 0.202 e. The third-order valence-electron chi connectivity index (χ3n) is 21.1. The Bertz CT molecular complexity index is 3980. The molecule has 4 aromatic rings. The first-order valence-electron chi connectivity index (χ1n) is 33.4. The van der Waals surface area contributed by atoms with Gasteiger partial charge in [-0.15, -0.1) is 0 Å². The van der Waals surface area contributed by atoms with E-state index in [2.05, 4.69) is 14.8 Å². The van der Waals surface area contributed by atoms with Crippen LogP contribution in [0.1, 0.15) is 165 Å². The summed E-state index contributed by atoms with van der Waals surface area (Å²) in [7, 11) is 5.82. The number of phenols is 4. The summed E-state index contributed by atoms with van der Waals surface area (Å²) in [5.74, 6) is -6.61. The van der Waals surface area contributed by atoms with E-state index >= 15 is 0 Å². The van der Waals surface area contributed by atoms with Crippen LogP contribution in [-0.2, 0) is 69.8 Å². The second-order valence-electron chi connectivity index (χ2n) is 27.5. The average Bonchev–Trinajstić information content (AvgIpc) is 1.53. The summed E-state index contributed by atoms with van der Waals surface area (Å²) in [6, 6.07) is 8.69. The number of nitrogens with zero attached hydrogens (tertiary/aromatic N) is 3. The minimum atomic E-state index is -2.01. The van der Waals surface area contributed by atoms with E-state index in [0.29, 0.717) is 39.1 Å². The molecule has 6 heterocycles. The third-order valence-corrected chi connectivity index (χ3v) is 21.1. The number of hydrogen-bond acceptors (Lipinski definition) is 28. The topological polar surface area (TPSA) is 374 Å². The predicted molar refractivity (Wildman–Crippen MR) is 342 cm³/mol. The Kier molecular flexibility index (Phi) is 19.1. The number of Topliss-reactive ketones (excluding diaryl/α,β-unsaturated/α-hetero) is 2. The van der Waals surface area contributed by atoms with Gasteiger partial charge in [0.2, 0.25) is 11.6 Å². The number of aromatic hydroxyl groups is 4. The number of carbonyl (C=O) groups is 6. The Morgan fingerprint density at radius 3 is 1.41 bits per heavy atom. The lowest BCUT2D eigenvalue weighted by atomic mass is 9.70. The van der Waals surface area contributed by atoms with Crippen molar-refractivity contribution in [3.8, 4) is 34.5 Å². The number of hydrogen-bond donors (Lipinski definition) is 7. The maximum atomic E-state index is 14.1. The molecule has 7 N–H and O–H groups in total. The molecule has 10 aliphatic rings. The van der Waals surface area contributed by atoms with E-state index in [1.165, 1.54) is 44.6 Å². The normalized spacial score (nSPS) is 32.3. The largest absolute Gasteiger partial charge is 0.507 e. The highest BCUT2D eigenvalue weighted by Gasteiger charge is 2.58. The summed E-state index contributed by atoms with van der Waals surface area (Å²) in [5.41, 5.74) is -6.00. The molecule has 532 valence electrons. The summed E-state index contributed by atoms with van der Waals surface area (Å²) < 4.78 is 71.5. The monoisotopic (exact) mass is 1380 g/mol. The highest BCUT2D eigenvalue weighted by Crippen LogP contribution is 2.56. The number of ketones is 6. The molecule has 28 heteroatoms. The molecule has 4 aliphatic carbocycles. The van der Waals surface area contributed by atoms with Crippen LogP contribution in [0.25, 0.3) is 0 Å². The number of aliphatic hydroxyl groups excluding tert-OH is 1. The summed E-state index contributed by atoms with van der Waals surface area (Å²) in [6.45, 7) is 11.4. The molecular weight excluding hydrogens is 1290 g/mol. The van der Waals surface area contributed by atoms with Crippen LogP contribution in [0.2, 0.25) is 0 Å². The van der Waals surface area contributed by atoms with Crippen LogP contribution in [0, 0.1) is 11.8 Å². The Morgan fingerprint density at radius 1 is 0.586 bits per heavy atom. The first kappa shape index (κ1) is 70.2. The van der Waals surface area contributed by atoms with Gasteiger partial charge in [-0.05, 0) is 26.0 Å². The summed E-state index contributed by atoms with van der Waals surface area (Å²) in [5, 5.41) is 82.0. The van der Waals surface area contributed by atoms with E-state index in [4.69, 9.17) is 56.8 Å². The van der Waals surface area contributed by atoms with Crippen molar-refractivity contribution < 1.29 is 121 Å². The molecule has 6 fully saturated rings. The zero-order valence-electron chi connectivity index (χ0n) is 56.5. The second-order valence-corrected chi connectivity index (χ2v) is 27.5. The van der Waals surface area contributed by atoms with E-state index in [1.54, 1.807) is 48.0 Å². The highest BCUT2D eigenvalue weighted by molar-refractivity contribution is 6.32. The lowest BCUT2D eigenvalue weighted by Gasteiger charge is -2.44. The fourth-order valence-electron chi connectivity index (χ4n) is 16.3. The SMILES string of the molecule is COc1cccc2c1C(=O)c1c(O)c3c(c(O)c1C2=O)C[C@@](O)(C(=O)C(C)C)C[C@@H]3O[C@H]1C[C@H]2[C@H](O[C@@H]3[C@@H](OC)OCCN32)[C@H](C)O1.COc1cccc2c1C(=O)c1c(O)c3c(c(O)c1C2=O)C[C@@](O)(C(CO)=NCC(=O)C(C)C)C[C@@H]3O[C@H]1C[C@H]2[C@H](O[C@@H]3[C@@H](OC)OCCN32)[C@H](C)O1. The van der Waals surface area contributed by atoms with Crippen LogP contribution in [0.5, 0.6) is 34.5 Å². The summed E-state index contributed by atoms with van der Waals surface area (Å²) >= 11 is 0. The molecule has 6 saturated heterocycles. The van der Waals surface area contributed by atoms with Gasteiger partial charge in [0.25, 0.3) is 0 Å². The summed E-state index contributed by atoms with van der Waals surface area (Å²) in [4.78, 5) is 90.3. The molecule has 6 aliphatic heterocycles. The lowest BCUT2D eigenvalue weighted by molar-refractivity contribution is -0.256. The molecule has 0 radical (unpaired) electrons. The Labute approximate surface area is 569 Å². The van der Waals surface area contributed by atoms with E-state index in [1.807, 2.05) is 13.8 Å². The number of rotatable bonds is 15. The maximum Gasteiger partial charge on any atom is 0.202 e. The van der Waals surface area contributed by atoms with Gasteiger partial charge in [0.1, 0.15) is 57.9 Å². The van der Waals surface area contributed by atoms with Gasteiger partial charge in [-0.25, -0.2) is 0 Å². The van der Waals surface area contributed by atoms with Gasteiger partial charge < -0.3 is 92.6 Å². The number of fused-ring (bicyclic) bond motifs is 12. The highest BCUT2D eigenvalue weighted by atomic mass is 16.7. The van der Waals surface area contributed by atoms with Crippen LogP contribution in [-0.4, -0.2) is 239 Å². The Morgan fingerprint density at radius 2 is 1.01 bits per heavy atom. The molecule has 0 spiro atoms. The predicted octanol–water partition coefficient (Wildman–Crippen LogP) is 4.18. The van der Waals surface area contributed by atoms with Crippen molar-refractivity contribution in [1.29, 1.82) is 0 Å². The number of methoxy groups -OCH3 is 4. The lowest BCUT2D eigenvalue weighted by Crippen LogP contribution is -2.55. The van der Waals surface area contributed by atoms with Crippen molar-refractivity contribution in [1.82, 2.24) is 9.80 Å². The maximum absolute atomic E-state index is 14.1. The van der Waals surface area contributed by atoms with Gasteiger partial charge >= 0.3 is 0 Å². The second kappa shape index (κ2) is 26.9. The van der Waals surface area contributed by atoms with Crippen molar-refractivity contribution in [3.63, 3.8) is 0 Å². The third kappa shape index (κ3) is 11.7. The number of ether oxygens (including phenoxy) is 12. The van der Waals surface area contributed by atoms with Crippen molar-refractivity contribution in [2.24, 2.45) is 16.8 Å². The molecule has 16 atom stereocenters. The summed E-state index contributed by atoms with van der Waals surface area (Å²) in [6.07, 6.45) is -8.68. The first-order valence-corrected chi connectivity index (χ1v) is 33.4. The zero-order valence-corrected chi connectivity index (χ0v) is 56.5. The fraction of sp³-hybridized carbons (Fsp3) is 0.563. The van der Waals surface area contributed by atoms with Gasteiger partial charge in [0.15, 0.2) is 60.7 Å². The van der Waals surface area contributed by atoms with Crippen molar-refractivity contribution in [2.45, 2.75) is 178 Å². The van der Waals surface area contributed by atoms with Gasteiger partial charge in [0.05, 0.1) is 104 Å². The average molecular weight is 1380 g/mol. The van der Waals surface area contributed by atoms with Crippen molar-refractivity contribution in [3.05, 3.63) is 103 Å². The minimum absolute atomic E-state index is 0.00341. The molecule has 14 rings (SSSR count). The minimum Gasteiger partial charge on any atom is -0.507 e. The van der Waals surface area contributed by atoms with Gasteiger partial charge in [-0.3, -0.25) is 43.6 Å². The van der Waals surface area contributed by atoms with E-state index < -0.39 is 167 Å².